The van der Waals surface area contributed by atoms with Crippen molar-refractivity contribution in [2.24, 2.45) is 0 Å². The number of esters is 1. The van der Waals surface area contributed by atoms with Gasteiger partial charge in [-0.2, -0.15) is 0 Å². The number of amides is 1. The fourth-order valence-electron chi connectivity index (χ4n) is 3.01. The van der Waals surface area contributed by atoms with Crippen LogP contribution in [0.2, 0.25) is 0 Å². The van der Waals surface area contributed by atoms with E-state index in [9.17, 15) is 14.4 Å². The average Bonchev–Trinajstić information content (AvgIpc) is 2.84. The van der Waals surface area contributed by atoms with Gasteiger partial charge in [0.1, 0.15) is 16.9 Å². The van der Waals surface area contributed by atoms with Crippen LogP contribution < -0.4 is 25.2 Å². The number of ether oxygens (including phenoxy) is 3. The summed E-state index contributed by atoms with van der Waals surface area (Å²) in [5.74, 6) is 0.203. The molecule has 0 aliphatic heterocycles. The third-order valence-electron chi connectivity index (χ3n) is 4.64. The van der Waals surface area contributed by atoms with E-state index in [0.717, 1.165) is 12.0 Å². The second-order valence-corrected chi connectivity index (χ2v) is 7.16. The minimum absolute atomic E-state index is 0.122. The smallest absolute Gasteiger partial charge is 0.349 e. The highest BCUT2D eigenvalue weighted by atomic mass is 16.5. The first-order chi connectivity index (χ1) is 16.4. The van der Waals surface area contributed by atoms with Crippen LogP contribution in [-0.2, 0) is 4.79 Å². The van der Waals surface area contributed by atoms with Gasteiger partial charge in [-0.15, -0.1) is 6.58 Å². The van der Waals surface area contributed by atoms with Gasteiger partial charge < -0.3 is 23.9 Å². The number of benzene rings is 2. The van der Waals surface area contributed by atoms with Crippen LogP contribution in [0.5, 0.6) is 17.2 Å². The lowest BCUT2D eigenvalue weighted by Gasteiger charge is -2.10. The van der Waals surface area contributed by atoms with Gasteiger partial charge in [-0.3, -0.25) is 4.79 Å². The predicted molar refractivity (Wildman–Crippen MR) is 128 cm³/mol. The van der Waals surface area contributed by atoms with Gasteiger partial charge in [-0.1, -0.05) is 19.1 Å². The van der Waals surface area contributed by atoms with Gasteiger partial charge in [0, 0.05) is 24.1 Å². The lowest BCUT2D eigenvalue weighted by atomic mass is 10.1. The molecule has 0 aliphatic rings. The molecule has 0 unspecified atom stereocenters. The van der Waals surface area contributed by atoms with Crippen molar-refractivity contribution in [3.8, 4) is 17.2 Å². The molecule has 176 valence electrons. The van der Waals surface area contributed by atoms with Crippen molar-refractivity contribution < 1.29 is 28.2 Å². The minimum atomic E-state index is -0.794. The van der Waals surface area contributed by atoms with Crippen LogP contribution in [0.3, 0.4) is 0 Å². The highest BCUT2D eigenvalue weighted by molar-refractivity contribution is 5.97. The largest absolute Gasteiger partial charge is 0.493 e. The van der Waals surface area contributed by atoms with E-state index in [-0.39, 0.29) is 23.4 Å². The fourth-order valence-corrected chi connectivity index (χ4v) is 3.01. The maximum absolute atomic E-state index is 12.3. The number of methoxy groups -OCH3 is 1. The highest BCUT2D eigenvalue weighted by Crippen LogP contribution is 2.28. The Labute approximate surface area is 196 Å². The van der Waals surface area contributed by atoms with E-state index in [1.165, 1.54) is 24.3 Å². The zero-order valence-corrected chi connectivity index (χ0v) is 19.0. The van der Waals surface area contributed by atoms with Gasteiger partial charge >= 0.3 is 11.6 Å². The Kier molecular flexibility index (Phi) is 8.23. The first-order valence-electron chi connectivity index (χ1n) is 10.6. The Morgan fingerprint density at radius 3 is 2.68 bits per heavy atom. The summed E-state index contributed by atoms with van der Waals surface area (Å²) in [6.45, 7) is 6.33. The topological polar surface area (TPSA) is 104 Å². The maximum Gasteiger partial charge on any atom is 0.349 e. The standard InChI is InChI=1S/C26H25NO7/c1-4-12-27-25(29)20-15-18-8-9-19(16-22(18)34-26(20)30)33-24(28)11-7-17-6-10-21(32-13-5-2)23(14-17)31-3/h4,6-11,14-16H,1,5,12-13H2,2-3H3,(H,27,29)/b11-7+. The number of carbonyl (C=O) groups excluding carboxylic acids is 2. The molecule has 0 fully saturated rings. The van der Waals surface area contributed by atoms with Crippen LogP contribution in [0.25, 0.3) is 17.0 Å². The molecule has 0 radical (unpaired) electrons. The summed E-state index contributed by atoms with van der Waals surface area (Å²) in [5.41, 5.74) is -0.00214. The Morgan fingerprint density at radius 2 is 1.94 bits per heavy atom. The molecule has 1 amide bonds. The average molecular weight is 463 g/mol. The SMILES string of the molecule is C=CCNC(=O)c1cc2ccc(OC(=O)/C=C/c3ccc(OCCC)c(OC)c3)cc2oc1=O. The third-order valence-corrected chi connectivity index (χ3v) is 4.64. The van der Waals surface area contributed by atoms with Crippen molar-refractivity contribution in [1.29, 1.82) is 0 Å². The molecule has 1 aromatic heterocycles. The molecule has 0 aliphatic carbocycles. The van der Waals surface area contributed by atoms with Crippen LogP contribution in [0.15, 0.2) is 70.4 Å². The zero-order chi connectivity index (χ0) is 24.5. The Bertz CT molecular complexity index is 1290. The van der Waals surface area contributed by atoms with Crippen molar-refractivity contribution >= 4 is 28.9 Å². The fraction of sp³-hybridized carbons (Fsp3) is 0.192. The lowest BCUT2D eigenvalue weighted by Crippen LogP contribution is -2.28. The van der Waals surface area contributed by atoms with E-state index in [4.69, 9.17) is 18.6 Å². The summed E-state index contributed by atoms with van der Waals surface area (Å²) in [4.78, 5) is 36.5. The quantitative estimate of drug-likeness (QED) is 0.159. The molecule has 8 nitrogen and oxygen atoms in total. The molecule has 3 aromatic rings. The van der Waals surface area contributed by atoms with Crippen LogP contribution in [0.4, 0.5) is 0 Å². The van der Waals surface area contributed by atoms with Crippen molar-refractivity contribution in [3.63, 3.8) is 0 Å². The Morgan fingerprint density at radius 1 is 1.12 bits per heavy atom. The van der Waals surface area contributed by atoms with Crippen molar-refractivity contribution in [2.75, 3.05) is 20.3 Å². The van der Waals surface area contributed by atoms with Gasteiger partial charge in [-0.25, -0.2) is 9.59 Å². The Hall–Kier alpha value is -4.33. The number of hydrogen-bond acceptors (Lipinski definition) is 7. The number of hydrogen-bond donors (Lipinski definition) is 1. The number of rotatable bonds is 10. The summed E-state index contributed by atoms with van der Waals surface area (Å²) < 4.78 is 21.5. The van der Waals surface area contributed by atoms with Gasteiger partial charge in [0.25, 0.3) is 5.91 Å². The van der Waals surface area contributed by atoms with Crippen LogP contribution in [0, 0.1) is 0 Å². The molecular weight excluding hydrogens is 438 g/mol. The van der Waals surface area contributed by atoms with Crippen LogP contribution in [-0.4, -0.2) is 32.1 Å². The monoisotopic (exact) mass is 463 g/mol. The summed E-state index contributed by atoms with van der Waals surface area (Å²) in [5, 5.41) is 3.04. The molecular formula is C26H25NO7. The number of nitrogens with one attached hydrogen (secondary N) is 1. The van der Waals surface area contributed by atoms with Crippen molar-refractivity contribution in [1.82, 2.24) is 5.32 Å². The van der Waals surface area contributed by atoms with Gasteiger partial charge in [0.05, 0.1) is 13.7 Å². The highest BCUT2D eigenvalue weighted by Gasteiger charge is 2.14. The van der Waals surface area contributed by atoms with E-state index >= 15 is 0 Å². The zero-order valence-electron chi connectivity index (χ0n) is 19.0. The Balaban J connectivity index is 1.72. The second kappa shape index (κ2) is 11.5. The molecule has 0 saturated carbocycles. The van der Waals surface area contributed by atoms with Crippen molar-refractivity contribution in [3.05, 3.63) is 82.7 Å². The summed E-state index contributed by atoms with van der Waals surface area (Å²) in [6, 6.07) is 11.3. The minimum Gasteiger partial charge on any atom is -0.493 e. The molecule has 3 rings (SSSR count). The molecule has 8 heteroatoms. The number of fused-ring (bicyclic) bond motifs is 1. The van der Waals surface area contributed by atoms with Gasteiger partial charge in [-0.05, 0) is 48.4 Å². The first kappa shape index (κ1) is 24.3. The molecule has 0 atom stereocenters. The van der Waals surface area contributed by atoms with Crippen LogP contribution in [0.1, 0.15) is 29.3 Å². The summed E-state index contributed by atoms with van der Waals surface area (Å²) in [7, 11) is 1.55. The van der Waals surface area contributed by atoms with E-state index in [1.54, 1.807) is 43.5 Å². The molecule has 1 N–H and O–H groups in total. The third kappa shape index (κ3) is 6.13. The van der Waals surface area contributed by atoms with Gasteiger partial charge in [0.2, 0.25) is 0 Å². The first-order valence-corrected chi connectivity index (χ1v) is 10.6. The van der Waals surface area contributed by atoms with E-state index in [2.05, 4.69) is 11.9 Å². The van der Waals surface area contributed by atoms with Crippen LogP contribution >= 0.6 is 0 Å². The molecule has 0 bridgehead atoms. The summed E-state index contributed by atoms with van der Waals surface area (Å²) in [6.07, 6.45) is 5.24. The summed E-state index contributed by atoms with van der Waals surface area (Å²) >= 11 is 0. The lowest BCUT2D eigenvalue weighted by molar-refractivity contribution is -0.128. The van der Waals surface area contributed by atoms with Gasteiger partial charge in [0.15, 0.2) is 11.5 Å². The second-order valence-electron chi connectivity index (χ2n) is 7.16. The molecule has 2 aromatic carbocycles. The molecule has 1 heterocycles. The maximum atomic E-state index is 12.3. The molecule has 0 spiro atoms. The molecule has 0 saturated heterocycles. The predicted octanol–water partition coefficient (Wildman–Crippen LogP) is 4.13. The van der Waals surface area contributed by atoms with E-state index < -0.39 is 17.5 Å². The normalized spacial score (nSPS) is 10.8. The van der Waals surface area contributed by atoms with Crippen molar-refractivity contribution in [2.45, 2.75) is 13.3 Å². The molecule has 34 heavy (non-hydrogen) atoms. The number of carbonyl (C=O) groups is 2. The van der Waals surface area contributed by atoms with E-state index in [0.29, 0.717) is 23.5 Å². The van der Waals surface area contributed by atoms with E-state index in [1.807, 2.05) is 6.92 Å².